The summed E-state index contributed by atoms with van der Waals surface area (Å²) >= 11 is 0. The zero-order valence-electron chi connectivity index (χ0n) is 15.1. The molecule has 4 rings (SSSR count). The first kappa shape index (κ1) is 17.2. The highest BCUT2D eigenvalue weighted by atomic mass is 16.5. The van der Waals surface area contributed by atoms with E-state index < -0.39 is 0 Å². The Morgan fingerprint density at radius 2 is 2.15 bits per heavy atom. The SMILES string of the molecule is CCOc1cc2c(cc1NC(=O)c1ccc3c(c1)NC(=O)CO3)O[C@H](C)C2. The zero-order chi connectivity index (χ0) is 19.0. The van der Waals surface area contributed by atoms with E-state index in [0.717, 1.165) is 17.7 Å². The van der Waals surface area contributed by atoms with Gasteiger partial charge in [0.2, 0.25) is 0 Å². The number of benzene rings is 2. The van der Waals surface area contributed by atoms with Crippen molar-refractivity contribution >= 4 is 23.2 Å². The van der Waals surface area contributed by atoms with Gasteiger partial charge in [-0.1, -0.05) is 0 Å². The molecule has 1 atom stereocenters. The molecule has 0 aliphatic carbocycles. The number of carbonyl (C=O) groups excluding carboxylic acids is 2. The van der Waals surface area contributed by atoms with Crippen molar-refractivity contribution in [3.63, 3.8) is 0 Å². The third-order valence-corrected chi connectivity index (χ3v) is 4.42. The Morgan fingerprint density at radius 1 is 1.30 bits per heavy atom. The fourth-order valence-electron chi connectivity index (χ4n) is 3.23. The first-order valence-electron chi connectivity index (χ1n) is 8.88. The fraction of sp³-hybridized carbons (Fsp3) is 0.300. The lowest BCUT2D eigenvalue weighted by molar-refractivity contribution is -0.118. The minimum Gasteiger partial charge on any atom is -0.492 e. The molecular weight excluding hydrogens is 348 g/mol. The summed E-state index contributed by atoms with van der Waals surface area (Å²) in [4.78, 5) is 24.2. The van der Waals surface area contributed by atoms with Crippen LogP contribution in [0.5, 0.6) is 17.2 Å². The normalized spacial score (nSPS) is 17.1. The van der Waals surface area contributed by atoms with E-state index in [4.69, 9.17) is 14.2 Å². The van der Waals surface area contributed by atoms with Crippen molar-refractivity contribution < 1.29 is 23.8 Å². The van der Waals surface area contributed by atoms with Crippen LogP contribution in [-0.4, -0.2) is 31.1 Å². The fourth-order valence-corrected chi connectivity index (χ4v) is 3.23. The summed E-state index contributed by atoms with van der Waals surface area (Å²) in [6, 6.07) is 8.62. The Bertz CT molecular complexity index is 925. The van der Waals surface area contributed by atoms with Crippen molar-refractivity contribution in [3.8, 4) is 17.2 Å². The van der Waals surface area contributed by atoms with Gasteiger partial charge in [0, 0.05) is 23.6 Å². The molecule has 2 aliphatic heterocycles. The van der Waals surface area contributed by atoms with Gasteiger partial charge in [0.1, 0.15) is 23.4 Å². The molecule has 2 amide bonds. The molecule has 0 saturated carbocycles. The van der Waals surface area contributed by atoms with Gasteiger partial charge in [0.15, 0.2) is 6.61 Å². The Labute approximate surface area is 156 Å². The number of anilines is 2. The average Bonchev–Trinajstić information content (AvgIpc) is 3.00. The first-order chi connectivity index (χ1) is 13.0. The van der Waals surface area contributed by atoms with E-state index in [1.54, 1.807) is 24.3 Å². The molecule has 7 heteroatoms. The van der Waals surface area contributed by atoms with E-state index in [1.807, 2.05) is 19.9 Å². The molecule has 2 N–H and O–H groups in total. The number of amides is 2. The minimum atomic E-state index is -0.315. The minimum absolute atomic E-state index is 0.0240. The maximum Gasteiger partial charge on any atom is 0.262 e. The second-order valence-electron chi connectivity index (χ2n) is 6.52. The summed E-state index contributed by atoms with van der Waals surface area (Å²) in [7, 11) is 0. The quantitative estimate of drug-likeness (QED) is 0.866. The van der Waals surface area contributed by atoms with E-state index in [9.17, 15) is 9.59 Å². The van der Waals surface area contributed by atoms with Crippen molar-refractivity contribution in [3.05, 3.63) is 41.5 Å². The highest BCUT2D eigenvalue weighted by molar-refractivity contribution is 6.07. The Kier molecular flexibility index (Phi) is 4.35. The van der Waals surface area contributed by atoms with E-state index in [2.05, 4.69) is 10.6 Å². The van der Waals surface area contributed by atoms with Crippen molar-refractivity contribution in [1.82, 2.24) is 0 Å². The zero-order valence-corrected chi connectivity index (χ0v) is 15.1. The van der Waals surface area contributed by atoms with Crippen LogP contribution in [0.2, 0.25) is 0 Å². The van der Waals surface area contributed by atoms with Crippen LogP contribution in [0.3, 0.4) is 0 Å². The van der Waals surface area contributed by atoms with Crippen molar-refractivity contribution in [2.75, 3.05) is 23.8 Å². The van der Waals surface area contributed by atoms with Gasteiger partial charge in [-0.05, 0) is 38.1 Å². The molecular formula is C20H20N2O5. The Balaban J connectivity index is 1.60. The molecule has 0 unspecified atom stereocenters. The number of carbonyl (C=O) groups is 2. The highest BCUT2D eigenvalue weighted by Gasteiger charge is 2.23. The monoisotopic (exact) mass is 368 g/mol. The second-order valence-corrected chi connectivity index (χ2v) is 6.52. The smallest absolute Gasteiger partial charge is 0.262 e. The largest absolute Gasteiger partial charge is 0.492 e. The van der Waals surface area contributed by atoms with Gasteiger partial charge in [0.25, 0.3) is 11.8 Å². The van der Waals surface area contributed by atoms with Gasteiger partial charge in [-0.25, -0.2) is 0 Å². The third kappa shape index (κ3) is 3.40. The topological polar surface area (TPSA) is 85.9 Å². The summed E-state index contributed by atoms with van der Waals surface area (Å²) in [5.41, 5.74) is 2.50. The molecule has 2 aromatic rings. The maximum absolute atomic E-state index is 12.7. The number of ether oxygens (including phenoxy) is 3. The molecule has 2 aromatic carbocycles. The number of nitrogens with one attached hydrogen (secondary N) is 2. The van der Waals surface area contributed by atoms with E-state index in [-0.39, 0.29) is 24.5 Å². The first-order valence-corrected chi connectivity index (χ1v) is 8.88. The van der Waals surface area contributed by atoms with Crippen molar-refractivity contribution in [2.24, 2.45) is 0 Å². The van der Waals surface area contributed by atoms with Crippen LogP contribution in [0, 0.1) is 0 Å². The summed E-state index contributed by atoms with van der Waals surface area (Å²) in [5, 5.41) is 5.58. The lowest BCUT2D eigenvalue weighted by Gasteiger charge is -2.18. The molecule has 2 aliphatic rings. The maximum atomic E-state index is 12.7. The van der Waals surface area contributed by atoms with Crippen molar-refractivity contribution in [1.29, 1.82) is 0 Å². The standard InChI is InChI=1S/C20H20N2O5/c1-3-25-18-8-13-6-11(2)27-17(13)9-15(18)22-20(24)12-4-5-16-14(7-12)21-19(23)10-26-16/h4-5,7-9,11H,3,6,10H2,1-2H3,(H,21,23)(H,22,24)/t11-/m1/s1. The number of rotatable bonds is 4. The van der Waals surface area contributed by atoms with Gasteiger partial charge in [-0.2, -0.15) is 0 Å². The van der Waals surface area contributed by atoms with Gasteiger partial charge in [-0.3, -0.25) is 9.59 Å². The third-order valence-electron chi connectivity index (χ3n) is 4.42. The number of hydrogen-bond acceptors (Lipinski definition) is 5. The van der Waals surface area contributed by atoms with Gasteiger partial charge >= 0.3 is 0 Å². The molecule has 7 nitrogen and oxygen atoms in total. The molecule has 0 aromatic heterocycles. The van der Waals surface area contributed by atoms with E-state index in [1.165, 1.54) is 0 Å². The van der Waals surface area contributed by atoms with Crippen LogP contribution >= 0.6 is 0 Å². The second kappa shape index (κ2) is 6.83. The van der Waals surface area contributed by atoms with Gasteiger partial charge in [0.05, 0.1) is 18.0 Å². The summed E-state index contributed by atoms with van der Waals surface area (Å²) in [5.74, 6) is 1.35. The number of fused-ring (bicyclic) bond motifs is 2. The highest BCUT2D eigenvalue weighted by Crippen LogP contribution is 2.38. The van der Waals surface area contributed by atoms with Crippen LogP contribution in [0.1, 0.15) is 29.8 Å². The molecule has 2 heterocycles. The summed E-state index contributed by atoms with van der Waals surface area (Å²) < 4.78 is 16.8. The molecule has 27 heavy (non-hydrogen) atoms. The van der Waals surface area contributed by atoms with Crippen LogP contribution in [0.4, 0.5) is 11.4 Å². The predicted octanol–water partition coefficient (Wildman–Crippen LogP) is 2.99. The number of hydrogen-bond donors (Lipinski definition) is 2. The van der Waals surface area contributed by atoms with Gasteiger partial charge in [-0.15, -0.1) is 0 Å². The Morgan fingerprint density at radius 3 is 2.96 bits per heavy atom. The van der Waals surface area contributed by atoms with E-state index in [0.29, 0.717) is 35.0 Å². The molecule has 0 radical (unpaired) electrons. The van der Waals surface area contributed by atoms with Crippen LogP contribution in [-0.2, 0) is 11.2 Å². The lowest BCUT2D eigenvalue weighted by atomic mass is 10.1. The molecule has 140 valence electrons. The van der Waals surface area contributed by atoms with E-state index >= 15 is 0 Å². The summed E-state index contributed by atoms with van der Waals surface area (Å²) in [6.45, 7) is 4.36. The molecule has 0 fully saturated rings. The van der Waals surface area contributed by atoms with Crippen LogP contribution in [0.15, 0.2) is 30.3 Å². The molecule has 0 spiro atoms. The van der Waals surface area contributed by atoms with Crippen LogP contribution < -0.4 is 24.8 Å². The average molecular weight is 368 g/mol. The molecule has 0 saturated heterocycles. The van der Waals surface area contributed by atoms with Gasteiger partial charge < -0.3 is 24.8 Å². The molecule has 0 bridgehead atoms. The predicted molar refractivity (Wildman–Crippen MR) is 99.9 cm³/mol. The van der Waals surface area contributed by atoms with Crippen molar-refractivity contribution in [2.45, 2.75) is 26.4 Å². The van der Waals surface area contributed by atoms with Crippen LogP contribution in [0.25, 0.3) is 0 Å². The summed E-state index contributed by atoms with van der Waals surface area (Å²) in [6.07, 6.45) is 0.915. The lowest BCUT2D eigenvalue weighted by Crippen LogP contribution is -2.25. The Hall–Kier alpha value is -3.22.